The predicted molar refractivity (Wildman–Crippen MR) is 89.8 cm³/mol. The molecule has 6 nitrogen and oxygen atoms in total. The van der Waals surface area contributed by atoms with Crippen LogP contribution in [0.15, 0.2) is 29.2 Å². The molecule has 126 valence electrons. The maximum Gasteiger partial charge on any atom is 0.240 e. The second kappa shape index (κ2) is 9.78. The van der Waals surface area contributed by atoms with Gasteiger partial charge >= 0.3 is 0 Å². The van der Waals surface area contributed by atoms with E-state index in [-0.39, 0.29) is 23.2 Å². The van der Waals surface area contributed by atoms with Gasteiger partial charge in [-0.2, -0.15) is 0 Å². The summed E-state index contributed by atoms with van der Waals surface area (Å²) in [4.78, 5) is 13.8. The quantitative estimate of drug-likeness (QED) is 0.721. The number of amides is 1. The van der Waals surface area contributed by atoms with Crippen molar-refractivity contribution in [3.63, 3.8) is 0 Å². The first-order chi connectivity index (χ1) is 9.90. The first kappa shape index (κ1) is 20.9. The third-order valence-corrected chi connectivity index (χ3v) is 4.68. The fraction of sp³-hybridized carbons (Fsp3) is 0.500. The van der Waals surface area contributed by atoms with Crippen LogP contribution in [0, 0.1) is 0 Å². The molecule has 0 bridgehead atoms. The summed E-state index contributed by atoms with van der Waals surface area (Å²) in [7, 11) is 1.60. The number of hydrogen-bond acceptors (Lipinski definition) is 4. The van der Waals surface area contributed by atoms with E-state index in [4.69, 9.17) is 0 Å². The molecule has 0 fully saturated rings. The van der Waals surface area contributed by atoms with Crippen molar-refractivity contribution in [1.29, 1.82) is 0 Å². The predicted octanol–water partition coefficient (Wildman–Crippen LogP) is 0.627. The summed E-state index contributed by atoms with van der Waals surface area (Å²) in [6.45, 7) is 1.44. The van der Waals surface area contributed by atoms with Crippen LogP contribution in [0.2, 0.25) is 0 Å². The Morgan fingerprint density at radius 1 is 1.18 bits per heavy atom. The number of likely N-dealkylation sites (N-methyl/N-ethyl adjacent to an activating group) is 2. The summed E-state index contributed by atoms with van der Waals surface area (Å²) in [5.74, 6) is 0.0807. The third-order valence-electron chi connectivity index (χ3n) is 3.25. The van der Waals surface area contributed by atoms with Crippen molar-refractivity contribution in [1.82, 2.24) is 14.9 Å². The molecule has 0 unspecified atom stereocenters. The monoisotopic (exact) mass is 349 g/mol. The van der Waals surface area contributed by atoms with Crippen molar-refractivity contribution in [3.05, 3.63) is 29.8 Å². The molecule has 1 aromatic carbocycles. The molecule has 0 aliphatic carbocycles. The Hall–Kier alpha value is -1.15. The average molecular weight is 350 g/mol. The van der Waals surface area contributed by atoms with Crippen LogP contribution in [0.25, 0.3) is 0 Å². The molecule has 1 aromatic rings. The number of benzene rings is 1. The maximum atomic E-state index is 11.9. The Kier molecular flexibility index (Phi) is 9.27. The van der Waals surface area contributed by atoms with Crippen LogP contribution < -0.4 is 10.0 Å². The number of carbonyl (C=O) groups is 1. The lowest BCUT2D eigenvalue weighted by Crippen LogP contribution is -2.32. The van der Waals surface area contributed by atoms with Crippen molar-refractivity contribution in [2.75, 3.05) is 34.2 Å². The highest BCUT2D eigenvalue weighted by Crippen LogP contribution is 2.11. The molecule has 0 aliphatic heterocycles. The van der Waals surface area contributed by atoms with Crippen molar-refractivity contribution in [3.8, 4) is 0 Å². The van der Waals surface area contributed by atoms with Gasteiger partial charge in [0, 0.05) is 26.6 Å². The Labute approximate surface area is 138 Å². The third kappa shape index (κ3) is 6.31. The number of halogens is 1. The summed E-state index contributed by atoms with van der Waals surface area (Å²) in [5, 5.41) is 3.00. The average Bonchev–Trinajstić information content (AvgIpc) is 2.50. The van der Waals surface area contributed by atoms with Gasteiger partial charge in [-0.3, -0.25) is 4.79 Å². The highest BCUT2D eigenvalue weighted by molar-refractivity contribution is 7.89. The number of nitrogens with one attached hydrogen (secondary N) is 2. The van der Waals surface area contributed by atoms with Crippen LogP contribution >= 0.6 is 12.4 Å². The highest BCUT2D eigenvalue weighted by Gasteiger charge is 2.11. The zero-order valence-corrected chi connectivity index (χ0v) is 14.8. The number of hydrogen-bond donors (Lipinski definition) is 2. The fourth-order valence-electron chi connectivity index (χ4n) is 1.80. The molecule has 0 atom stereocenters. The van der Waals surface area contributed by atoms with Gasteiger partial charge in [-0.05, 0) is 38.2 Å². The molecule has 0 saturated carbocycles. The van der Waals surface area contributed by atoms with E-state index in [1.807, 2.05) is 7.05 Å². The summed E-state index contributed by atoms with van der Waals surface area (Å²) in [6.07, 6.45) is 1.01. The van der Waals surface area contributed by atoms with E-state index < -0.39 is 10.0 Å². The summed E-state index contributed by atoms with van der Waals surface area (Å²) in [6, 6.07) is 6.59. The van der Waals surface area contributed by atoms with Crippen molar-refractivity contribution in [2.45, 2.75) is 17.7 Å². The smallest absolute Gasteiger partial charge is 0.240 e. The van der Waals surface area contributed by atoms with Gasteiger partial charge in [-0.25, -0.2) is 13.1 Å². The Balaban J connectivity index is 0.00000441. The zero-order valence-electron chi connectivity index (χ0n) is 13.1. The van der Waals surface area contributed by atoms with E-state index in [9.17, 15) is 13.2 Å². The SMILES string of the molecule is CNCCN(C)C(=O)CCc1ccc(S(=O)(=O)NC)cc1.Cl. The molecule has 2 N–H and O–H groups in total. The number of sulfonamides is 1. The number of rotatable bonds is 8. The maximum absolute atomic E-state index is 11.9. The number of carbonyl (C=O) groups excluding carboxylic acids is 1. The molecule has 0 aliphatic rings. The number of nitrogens with zero attached hydrogens (tertiary/aromatic N) is 1. The minimum absolute atomic E-state index is 0. The van der Waals surface area contributed by atoms with E-state index in [1.54, 1.807) is 36.2 Å². The molecule has 0 heterocycles. The number of aryl methyl sites for hydroxylation is 1. The minimum Gasteiger partial charge on any atom is -0.344 e. The van der Waals surface area contributed by atoms with Gasteiger partial charge in [-0.15, -0.1) is 12.4 Å². The molecule has 0 saturated heterocycles. The van der Waals surface area contributed by atoms with Crippen LogP contribution in [-0.2, 0) is 21.2 Å². The molecule has 22 heavy (non-hydrogen) atoms. The van der Waals surface area contributed by atoms with Crippen LogP contribution in [0.5, 0.6) is 0 Å². The van der Waals surface area contributed by atoms with Crippen LogP contribution in [0.1, 0.15) is 12.0 Å². The van der Waals surface area contributed by atoms with E-state index >= 15 is 0 Å². The second-order valence-corrected chi connectivity index (χ2v) is 6.66. The molecule has 0 radical (unpaired) electrons. The molecular weight excluding hydrogens is 326 g/mol. The van der Waals surface area contributed by atoms with E-state index in [0.29, 0.717) is 19.4 Å². The lowest BCUT2D eigenvalue weighted by atomic mass is 10.1. The van der Waals surface area contributed by atoms with Crippen molar-refractivity contribution in [2.24, 2.45) is 0 Å². The lowest BCUT2D eigenvalue weighted by molar-refractivity contribution is -0.129. The topological polar surface area (TPSA) is 78.5 Å². The highest BCUT2D eigenvalue weighted by atomic mass is 35.5. The lowest BCUT2D eigenvalue weighted by Gasteiger charge is -2.16. The van der Waals surface area contributed by atoms with Gasteiger partial charge < -0.3 is 10.2 Å². The first-order valence-electron chi connectivity index (χ1n) is 6.81. The first-order valence-corrected chi connectivity index (χ1v) is 8.30. The summed E-state index contributed by atoms with van der Waals surface area (Å²) < 4.78 is 25.4. The van der Waals surface area contributed by atoms with Gasteiger partial charge in [0.1, 0.15) is 0 Å². The molecule has 1 amide bonds. The van der Waals surface area contributed by atoms with Gasteiger partial charge in [0.2, 0.25) is 15.9 Å². The molecule has 0 spiro atoms. The van der Waals surface area contributed by atoms with Gasteiger partial charge in [-0.1, -0.05) is 12.1 Å². The zero-order chi connectivity index (χ0) is 15.9. The van der Waals surface area contributed by atoms with E-state index in [1.165, 1.54) is 7.05 Å². The minimum atomic E-state index is -3.40. The van der Waals surface area contributed by atoms with Crippen molar-refractivity contribution < 1.29 is 13.2 Å². The largest absolute Gasteiger partial charge is 0.344 e. The van der Waals surface area contributed by atoms with E-state index in [2.05, 4.69) is 10.0 Å². The van der Waals surface area contributed by atoms with Gasteiger partial charge in [0.05, 0.1) is 4.90 Å². The van der Waals surface area contributed by atoms with Crippen LogP contribution in [-0.4, -0.2) is 53.5 Å². The molecule has 1 rings (SSSR count). The Morgan fingerprint density at radius 3 is 2.27 bits per heavy atom. The molecule has 0 aromatic heterocycles. The summed E-state index contributed by atoms with van der Waals surface area (Å²) in [5.41, 5.74) is 0.945. The van der Waals surface area contributed by atoms with Crippen LogP contribution in [0.4, 0.5) is 0 Å². The van der Waals surface area contributed by atoms with Gasteiger partial charge in [0.15, 0.2) is 0 Å². The normalized spacial score (nSPS) is 10.9. The van der Waals surface area contributed by atoms with Crippen molar-refractivity contribution >= 4 is 28.3 Å². The van der Waals surface area contributed by atoms with E-state index in [0.717, 1.165) is 12.1 Å². The second-order valence-electron chi connectivity index (χ2n) is 4.77. The Bertz CT molecular complexity index is 561. The fourth-order valence-corrected chi connectivity index (χ4v) is 2.53. The summed E-state index contributed by atoms with van der Waals surface area (Å²) >= 11 is 0. The Morgan fingerprint density at radius 2 is 1.77 bits per heavy atom. The molecular formula is C14H24ClN3O3S. The van der Waals surface area contributed by atoms with Gasteiger partial charge in [0.25, 0.3) is 0 Å². The standard InChI is InChI=1S/C14H23N3O3S.ClH/c1-15-10-11-17(3)14(18)9-6-12-4-7-13(8-5-12)21(19,20)16-2;/h4-5,7-8,15-16H,6,9-11H2,1-3H3;1H. The molecule has 8 heteroatoms. The van der Waals surface area contributed by atoms with Crippen LogP contribution in [0.3, 0.4) is 0 Å².